The van der Waals surface area contributed by atoms with Crippen molar-refractivity contribution in [3.8, 4) is 0 Å². The minimum atomic E-state index is -4.75. The van der Waals surface area contributed by atoms with Crippen molar-refractivity contribution in [3.63, 3.8) is 0 Å². The van der Waals surface area contributed by atoms with E-state index in [1.165, 1.54) is 4.90 Å². The van der Waals surface area contributed by atoms with E-state index in [1.54, 1.807) is 55.5 Å². The number of nitrogens with zero attached hydrogens (tertiary/aromatic N) is 2. The normalized spacial score (nSPS) is 13.2. The topological polar surface area (TPSA) is 86.8 Å². The molecule has 7 nitrogen and oxygen atoms in total. The van der Waals surface area contributed by atoms with E-state index in [1.807, 2.05) is 6.92 Å². The van der Waals surface area contributed by atoms with E-state index in [9.17, 15) is 31.2 Å². The highest BCUT2D eigenvalue weighted by molar-refractivity contribution is 7.92. The molecule has 43 heavy (non-hydrogen) atoms. The molecule has 0 bridgehead atoms. The highest BCUT2D eigenvalue weighted by atomic mass is 35.5. The summed E-state index contributed by atoms with van der Waals surface area (Å²) >= 11 is 12.9. The molecule has 2 atom stereocenters. The van der Waals surface area contributed by atoms with E-state index in [-0.39, 0.29) is 34.7 Å². The zero-order valence-electron chi connectivity index (χ0n) is 23.7. The van der Waals surface area contributed by atoms with Crippen LogP contribution in [0.25, 0.3) is 0 Å². The van der Waals surface area contributed by atoms with Crippen LogP contribution < -0.4 is 9.62 Å². The van der Waals surface area contributed by atoms with Crippen LogP contribution in [0.5, 0.6) is 0 Å². The molecular formula is C30H32Cl2F3N3O4S. The molecule has 0 saturated heterocycles. The molecule has 0 aliphatic heterocycles. The van der Waals surface area contributed by atoms with Gasteiger partial charge in [-0.25, -0.2) is 8.42 Å². The zero-order valence-corrected chi connectivity index (χ0v) is 26.1. The van der Waals surface area contributed by atoms with E-state index >= 15 is 0 Å². The highest BCUT2D eigenvalue weighted by Gasteiger charge is 2.35. The van der Waals surface area contributed by atoms with Gasteiger partial charge in [0.1, 0.15) is 12.6 Å². The second kappa shape index (κ2) is 14.5. The lowest BCUT2D eigenvalue weighted by Crippen LogP contribution is -2.54. The van der Waals surface area contributed by atoms with Gasteiger partial charge in [0.05, 0.1) is 17.5 Å². The van der Waals surface area contributed by atoms with Crippen molar-refractivity contribution < 1.29 is 31.2 Å². The van der Waals surface area contributed by atoms with Crippen LogP contribution in [0.15, 0.2) is 72.8 Å². The third-order valence-corrected chi connectivity index (χ3v) is 8.65. The number of halogens is 5. The van der Waals surface area contributed by atoms with Gasteiger partial charge in [-0.15, -0.1) is 0 Å². The van der Waals surface area contributed by atoms with Crippen molar-refractivity contribution in [1.29, 1.82) is 0 Å². The van der Waals surface area contributed by atoms with Crippen molar-refractivity contribution in [2.24, 2.45) is 0 Å². The second-order valence-electron chi connectivity index (χ2n) is 10.1. The summed E-state index contributed by atoms with van der Waals surface area (Å²) in [7, 11) is -4.26. The molecule has 3 aromatic rings. The highest BCUT2D eigenvalue weighted by Crippen LogP contribution is 2.33. The van der Waals surface area contributed by atoms with Crippen molar-refractivity contribution in [2.45, 2.75) is 51.5 Å². The van der Waals surface area contributed by atoms with Gasteiger partial charge in [-0.2, -0.15) is 13.2 Å². The SMILES string of the molecule is CCC(C)NC(=O)C(Cc1ccccc1)N(Cc1c(Cl)cccc1Cl)C(=O)CN(c1cccc(C(F)(F)F)c1)S(C)(=O)=O. The van der Waals surface area contributed by atoms with E-state index in [0.29, 0.717) is 27.9 Å². The molecule has 2 unspecified atom stereocenters. The molecule has 0 aromatic heterocycles. The lowest BCUT2D eigenvalue weighted by atomic mass is 10.0. The van der Waals surface area contributed by atoms with Crippen LogP contribution in [0.3, 0.4) is 0 Å². The van der Waals surface area contributed by atoms with Crippen molar-refractivity contribution in [1.82, 2.24) is 10.2 Å². The number of alkyl halides is 3. The first-order valence-electron chi connectivity index (χ1n) is 13.3. The fraction of sp³-hybridized carbons (Fsp3) is 0.333. The molecule has 0 aliphatic rings. The summed E-state index contributed by atoms with van der Waals surface area (Å²) in [6.07, 6.45) is -3.30. The zero-order chi connectivity index (χ0) is 31.9. The Morgan fingerprint density at radius 3 is 2.12 bits per heavy atom. The number of hydrogen-bond donors (Lipinski definition) is 1. The molecule has 3 rings (SSSR count). The minimum Gasteiger partial charge on any atom is -0.352 e. The molecule has 13 heteroatoms. The Hall–Kier alpha value is -3.28. The van der Waals surface area contributed by atoms with Crippen LogP contribution in [-0.4, -0.2) is 50.0 Å². The maximum absolute atomic E-state index is 14.1. The van der Waals surface area contributed by atoms with Gasteiger partial charge in [0.25, 0.3) is 0 Å². The third kappa shape index (κ3) is 9.35. The van der Waals surface area contributed by atoms with Crippen LogP contribution in [-0.2, 0) is 38.8 Å². The molecule has 232 valence electrons. The van der Waals surface area contributed by atoms with E-state index in [2.05, 4.69) is 5.32 Å². The van der Waals surface area contributed by atoms with Crippen molar-refractivity contribution in [3.05, 3.63) is 99.5 Å². The Balaban J connectivity index is 2.13. The van der Waals surface area contributed by atoms with Gasteiger partial charge in [0.2, 0.25) is 21.8 Å². The molecule has 0 aliphatic carbocycles. The van der Waals surface area contributed by atoms with Crippen LogP contribution in [0, 0.1) is 0 Å². The van der Waals surface area contributed by atoms with Crippen LogP contribution in [0.4, 0.5) is 18.9 Å². The first-order valence-corrected chi connectivity index (χ1v) is 15.9. The average Bonchev–Trinajstić information content (AvgIpc) is 2.94. The smallest absolute Gasteiger partial charge is 0.352 e. The Bertz CT molecular complexity index is 1520. The molecule has 0 spiro atoms. The minimum absolute atomic E-state index is 0.0549. The first kappa shape index (κ1) is 34.2. The summed E-state index contributed by atoms with van der Waals surface area (Å²) in [6.45, 7) is 2.52. The molecule has 0 fully saturated rings. The lowest BCUT2D eigenvalue weighted by Gasteiger charge is -2.34. The Labute approximate surface area is 259 Å². The first-order chi connectivity index (χ1) is 20.1. The number of rotatable bonds is 12. The van der Waals surface area contributed by atoms with Gasteiger partial charge in [-0.05, 0) is 49.2 Å². The van der Waals surface area contributed by atoms with Crippen LogP contribution in [0.1, 0.15) is 37.0 Å². The number of anilines is 1. The number of sulfonamides is 1. The molecule has 2 amide bonds. The van der Waals surface area contributed by atoms with Gasteiger partial charge in [0.15, 0.2) is 0 Å². The molecule has 3 aromatic carbocycles. The third-order valence-electron chi connectivity index (χ3n) is 6.80. The summed E-state index contributed by atoms with van der Waals surface area (Å²) in [5.74, 6) is -1.35. The quantitative estimate of drug-likeness (QED) is 0.247. The molecule has 1 N–H and O–H groups in total. The van der Waals surface area contributed by atoms with Gasteiger partial charge in [0, 0.05) is 34.6 Å². The lowest BCUT2D eigenvalue weighted by molar-refractivity contribution is -0.140. The van der Waals surface area contributed by atoms with Crippen LogP contribution >= 0.6 is 23.2 Å². The Morgan fingerprint density at radius 2 is 1.56 bits per heavy atom. The summed E-state index contributed by atoms with van der Waals surface area (Å²) < 4.78 is 66.7. The van der Waals surface area contributed by atoms with Crippen LogP contribution in [0.2, 0.25) is 10.0 Å². The average molecular weight is 659 g/mol. The monoisotopic (exact) mass is 657 g/mol. The number of hydrogen-bond acceptors (Lipinski definition) is 4. The summed E-state index contributed by atoms with van der Waals surface area (Å²) in [5.41, 5.74) is -0.406. The van der Waals surface area contributed by atoms with Gasteiger partial charge >= 0.3 is 6.18 Å². The number of carbonyl (C=O) groups is 2. The van der Waals surface area contributed by atoms with Gasteiger partial charge < -0.3 is 10.2 Å². The number of benzene rings is 3. The van der Waals surface area contributed by atoms with E-state index in [4.69, 9.17) is 23.2 Å². The van der Waals surface area contributed by atoms with Crippen molar-refractivity contribution >= 4 is 50.7 Å². The van der Waals surface area contributed by atoms with Crippen molar-refractivity contribution in [2.75, 3.05) is 17.1 Å². The predicted molar refractivity (Wildman–Crippen MR) is 162 cm³/mol. The summed E-state index contributed by atoms with van der Waals surface area (Å²) in [5, 5.41) is 3.31. The standard InChI is InChI=1S/C30H32Cl2F3N3O4S/c1-4-20(2)36-29(40)27(16-21-10-6-5-7-11-21)37(18-24-25(31)14-9-15-26(24)32)28(39)19-38(43(3,41)42)23-13-8-12-22(17-23)30(33,34)35/h5-15,17,20,27H,4,16,18-19H2,1-3H3,(H,36,40). The molecule has 0 radical (unpaired) electrons. The second-order valence-corrected chi connectivity index (χ2v) is 12.8. The fourth-order valence-electron chi connectivity index (χ4n) is 4.30. The largest absolute Gasteiger partial charge is 0.416 e. The van der Waals surface area contributed by atoms with Gasteiger partial charge in [-0.1, -0.05) is 72.6 Å². The Morgan fingerprint density at radius 1 is 0.953 bits per heavy atom. The molecule has 0 heterocycles. The summed E-state index contributed by atoms with van der Waals surface area (Å²) in [4.78, 5) is 29.0. The number of nitrogens with one attached hydrogen (secondary N) is 1. The molecular weight excluding hydrogens is 626 g/mol. The fourth-order valence-corrected chi connectivity index (χ4v) is 5.66. The Kier molecular flexibility index (Phi) is 11.5. The predicted octanol–water partition coefficient (Wildman–Crippen LogP) is 6.33. The maximum Gasteiger partial charge on any atom is 0.416 e. The molecule has 0 saturated carbocycles. The van der Waals surface area contributed by atoms with E-state index in [0.717, 1.165) is 24.5 Å². The number of carbonyl (C=O) groups excluding carboxylic acids is 2. The maximum atomic E-state index is 14.1. The summed E-state index contributed by atoms with van der Waals surface area (Å²) in [6, 6.07) is 15.9. The van der Waals surface area contributed by atoms with E-state index < -0.39 is 46.2 Å². The van der Waals surface area contributed by atoms with Gasteiger partial charge in [-0.3, -0.25) is 13.9 Å². The number of amides is 2.